The van der Waals surface area contributed by atoms with Crippen molar-refractivity contribution in [1.82, 2.24) is 5.32 Å². The predicted molar refractivity (Wildman–Crippen MR) is 85.7 cm³/mol. The van der Waals surface area contributed by atoms with Crippen molar-refractivity contribution in [2.24, 2.45) is 0 Å². The highest BCUT2D eigenvalue weighted by Crippen LogP contribution is 2.28. The Hall–Kier alpha value is -1.55. The first-order valence-electron chi connectivity index (χ1n) is 7.77. The van der Waals surface area contributed by atoms with Gasteiger partial charge >= 0.3 is 5.97 Å². The maximum atomic E-state index is 12.2. The van der Waals surface area contributed by atoms with Crippen LogP contribution in [0, 0.1) is 0 Å². The zero-order valence-electron chi connectivity index (χ0n) is 13.3. The zero-order chi connectivity index (χ0) is 15.3. The molecule has 4 heteroatoms. The minimum absolute atomic E-state index is 0.195. The van der Waals surface area contributed by atoms with E-state index in [0.717, 1.165) is 32.4 Å². The highest BCUT2D eigenvalue weighted by atomic mass is 16.5. The molecule has 0 saturated heterocycles. The molecule has 0 aliphatic carbocycles. The Morgan fingerprint density at radius 3 is 2.90 bits per heavy atom. The number of nitrogens with one attached hydrogen (secondary N) is 1. The first kappa shape index (κ1) is 15.8. The molecule has 0 saturated carbocycles. The number of hydrogen-bond donors (Lipinski definition) is 1. The number of esters is 1. The third-order valence-corrected chi connectivity index (χ3v) is 4.11. The van der Waals surface area contributed by atoms with Crippen LogP contribution in [-0.2, 0) is 16.0 Å². The number of fused-ring (bicyclic) bond motifs is 1. The maximum absolute atomic E-state index is 12.2. The molecule has 1 aromatic carbocycles. The molecule has 1 heterocycles. The van der Waals surface area contributed by atoms with Crippen molar-refractivity contribution >= 4 is 11.7 Å². The Balaban J connectivity index is 2.19. The lowest BCUT2D eigenvalue weighted by molar-refractivity contribution is -0.147. The van der Waals surface area contributed by atoms with E-state index in [1.807, 2.05) is 6.92 Å². The summed E-state index contributed by atoms with van der Waals surface area (Å²) in [5, 5.41) is 3.36. The van der Waals surface area contributed by atoms with Gasteiger partial charge in [0.15, 0.2) is 0 Å². The Morgan fingerprint density at radius 1 is 1.43 bits per heavy atom. The van der Waals surface area contributed by atoms with Crippen LogP contribution < -0.4 is 10.2 Å². The van der Waals surface area contributed by atoms with Crippen LogP contribution >= 0.6 is 0 Å². The Morgan fingerprint density at radius 2 is 2.19 bits per heavy atom. The second-order valence-electron chi connectivity index (χ2n) is 5.90. The predicted octanol–water partition coefficient (Wildman–Crippen LogP) is 2.37. The smallest absolute Gasteiger partial charge is 0.327 e. The third-order valence-electron chi connectivity index (χ3n) is 4.11. The van der Waals surface area contributed by atoms with Gasteiger partial charge in [0.05, 0.1) is 7.11 Å². The van der Waals surface area contributed by atoms with Gasteiger partial charge in [0, 0.05) is 18.8 Å². The average Bonchev–Trinajstić information content (AvgIpc) is 2.52. The van der Waals surface area contributed by atoms with Crippen molar-refractivity contribution in [3.05, 3.63) is 29.8 Å². The normalized spacial score (nSPS) is 17.0. The number of benzene rings is 1. The van der Waals surface area contributed by atoms with Crippen LogP contribution in [0.1, 0.15) is 32.3 Å². The van der Waals surface area contributed by atoms with Crippen LogP contribution in [-0.4, -0.2) is 38.3 Å². The fourth-order valence-electron chi connectivity index (χ4n) is 2.98. The highest BCUT2D eigenvalue weighted by molar-refractivity contribution is 5.81. The van der Waals surface area contributed by atoms with E-state index in [-0.39, 0.29) is 5.97 Å². The first-order valence-corrected chi connectivity index (χ1v) is 7.77. The molecular weight excluding hydrogens is 264 g/mol. The summed E-state index contributed by atoms with van der Waals surface area (Å²) >= 11 is 0. The van der Waals surface area contributed by atoms with Crippen molar-refractivity contribution in [2.45, 2.75) is 38.6 Å². The van der Waals surface area contributed by atoms with Crippen molar-refractivity contribution < 1.29 is 9.53 Å². The largest absolute Gasteiger partial charge is 0.468 e. The van der Waals surface area contributed by atoms with E-state index in [4.69, 9.17) is 4.74 Å². The monoisotopic (exact) mass is 290 g/mol. The van der Waals surface area contributed by atoms with Gasteiger partial charge in [-0.2, -0.15) is 0 Å². The van der Waals surface area contributed by atoms with Crippen LogP contribution in [0.25, 0.3) is 0 Å². The number of carbonyl (C=O) groups excluding carboxylic acids is 1. The molecule has 1 aliphatic rings. The summed E-state index contributed by atoms with van der Waals surface area (Å²) in [6, 6.07) is 8.46. The summed E-state index contributed by atoms with van der Waals surface area (Å²) in [5.41, 5.74) is 1.94. The van der Waals surface area contributed by atoms with E-state index in [1.165, 1.54) is 18.4 Å². The molecule has 0 radical (unpaired) electrons. The minimum atomic E-state index is -0.671. The summed E-state index contributed by atoms with van der Waals surface area (Å²) in [6.07, 6.45) is 3.23. The number of rotatable bonds is 6. The molecule has 116 valence electrons. The first-order chi connectivity index (χ1) is 10.1. The van der Waals surface area contributed by atoms with Crippen molar-refractivity contribution in [3.63, 3.8) is 0 Å². The Kier molecular flexibility index (Phi) is 5.23. The summed E-state index contributed by atoms with van der Waals surface area (Å²) < 4.78 is 5.01. The van der Waals surface area contributed by atoms with E-state index in [9.17, 15) is 4.79 Å². The van der Waals surface area contributed by atoms with Crippen molar-refractivity contribution in [1.29, 1.82) is 0 Å². The molecule has 1 unspecified atom stereocenters. The second kappa shape index (κ2) is 6.94. The van der Waals surface area contributed by atoms with Crippen LogP contribution in [0.15, 0.2) is 24.3 Å². The lowest BCUT2D eigenvalue weighted by Crippen LogP contribution is -2.58. The van der Waals surface area contributed by atoms with Crippen LogP contribution in [0.3, 0.4) is 0 Å². The van der Waals surface area contributed by atoms with Gasteiger partial charge in [-0.05, 0) is 44.4 Å². The second-order valence-corrected chi connectivity index (χ2v) is 5.90. The number of hydrogen-bond acceptors (Lipinski definition) is 4. The molecule has 1 N–H and O–H groups in total. The van der Waals surface area contributed by atoms with Gasteiger partial charge in [-0.3, -0.25) is 0 Å². The van der Waals surface area contributed by atoms with Crippen molar-refractivity contribution in [3.8, 4) is 0 Å². The van der Waals surface area contributed by atoms with Gasteiger partial charge in [-0.1, -0.05) is 25.1 Å². The fraction of sp³-hybridized carbons (Fsp3) is 0.588. The number of nitrogens with zero attached hydrogens (tertiary/aromatic N) is 1. The van der Waals surface area contributed by atoms with Crippen LogP contribution in [0.2, 0.25) is 0 Å². The maximum Gasteiger partial charge on any atom is 0.327 e. The van der Waals surface area contributed by atoms with Gasteiger partial charge < -0.3 is 15.0 Å². The quantitative estimate of drug-likeness (QED) is 0.817. The van der Waals surface area contributed by atoms with Gasteiger partial charge in [0.25, 0.3) is 0 Å². The molecule has 1 atom stereocenters. The van der Waals surface area contributed by atoms with Gasteiger partial charge in [0.1, 0.15) is 5.54 Å². The van der Waals surface area contributed by atoms with E-state index >= 15 is 0 Å². The SMILES string of the molecule is CCCNC(C)(CN1CCCc2ccccc21)C(=O)OC. The van der Waals surface area contributed by atoms with Crippen molar-refractivity contribution in [2.75, 3.05) is 31.6 Å². The van der Waals surface area contributed by atoms with E-state index in [0.29, 0.717) is 6.54 Å². The lowest BCUT2D eigenvalue weighted by Gasteiger charge is -2.38. The van der Waals surface area contributed by atoms with E-state index in [2.05, 4.69) is 41.4 Å². The molecule has 1 aliphatic heterocycles. The molecule has 1 aromatic rings. The molecule has 0 fully saturated rings. The van der Waals surface area contributed by atoms with E-state index in [1.54, 1.807) is 0 Å². The highest BCUT2D eigenvalue weighted by Gasteiger charge is 2.36. The molecule has 21 heavy (non-hydrogen) atoms. The number of carbonyl (C=O) groups is 1. The summed E-state index contributed by atoms with van der Waals surface area (Å²) in [5.74, 6) is -0.195. The topological polar surface area (TPSA) is 41.6 Å². The molecular formula is C17H26N2O2. The van der Waals surface area contributed by atoms with Gasteiger partial charge in [0.2, 0.25) is 0 Å². The zero-order valence-corrected chi connectivity index (χ0v) is 13.3. The van der Waals surface area contributed by atoms with Gasteiger partial charge in [-0.25, -0.2) is 4.79 Å². The number of anilines is 1. The van der Waals surface area contributed by atoms with Gasteiger partial charge in [-0.15, -0.1) is 0 Å². The van der Waals surface area contributed by atoms with Crippen LogP contribution in [0.4, 0.5) is 5.69 Å². The number of methoxy groups -OCH3 is 1. The molecule has 0 amide bonds. The minimum Gasteiger partial charge on any atom is -0.468 e. The Bertz CT molecular complexity index is 489. The molecule has 0 spiro atoms. The molecule has 2 rings (SSSR count). The summed E-state index contributed by atoms with van der Waals surface area (Å²) in [6.45, 7) is 6.46. The van der Waals surface area contributed by atoms with E-state index < -0.39 is 5.54 Å². The molecule has 0 bridgehead atoms. The third kappa shape index (κ3) is 3.56. The number of ether oxygens (including phenoxy) is 1. The standard InChI is InChI=1S/C17H26N2O2/c1-4-11-18-17(2,16(20)21-3)13-19-12-7-9-14-8-5-6-10-15(14)19/h5-6,8,10,18H,4,7,9,11-13H2,1-3H3. The summed E-state index contributed by atoms with van der Waals surface area (Å²) in [4.78, 5) is 14.5. The molecule has 4 nitrogen and oxygen atoms in total. The molecule has 0 aromatic heterocycles. The summed E-state index contributed by atoms with van der Waals surface area (Å²) in [7, 11) is 1.46. The fourth-order valence-corrected chi connectivity index (χ4v) is 2.98. The Labute approximate surface area is 127 Å². The average molecular weight is 290 g/mol. The lowest BCUT2D eigenvalue weighted by atomic mass is 9.96. The number of para-hydroxylation sites is 1. The number of aryl methyl sites for hydroxylation is 1. The van der Waals surface area contributed by atoms with Crippen LogP contribution in [0.5, 0.6) is 0 Å².